The molecular weight excluding hydrogens is 718 g/mol. The number of ether oxygens (including phenoxy) is 4. The average Bonchev–Trinajstić information content (AvgIpc) is 3.82. The Bertz CT molecular complexity index is 1980. The Balaban J connectivity index is 1.22. The summed E-state index contributed by atoms with van der Waals surface area (Å²) in [6, 6.07) is 0. The number of phosphoric acid groups is 1. The van der Waals surface area contributed by atoms with Crippen LogP contribution in [0, 0.1) is 0 Å². The fourth-order valence-electron chi connectivity index (χ4n) is 5.54. The van der Waals surface area contributed by atoms with Gasteiger partial charge in [-0.15, -0.1) is 0 Å². The molecule has 0 spiro atoms. The maximum absolute atomic E-state index is 13.7. The number of methoxy groups -OCH3 is 2. The van der Waals surface area contributed by atoms with Crippen LogP contribution in [0.2, 0.25) is 0 Å². The van der Waals surface area contributed by atoms with Crippen molar-refractivity contribution in [1.29, 1.82) is 0 Å². The second-order valence-electron chi connectivity index (χ2n) is 10.7. The van der Waals surface area contributed by atoms with E-state index in [-0.39, 0.29) is 22.9 Å². The molecule has 23 nitrogen and oxygen atoms in total. The van der Waals surface area contributed by atoms with E-state index in [9.17, 15) is 23.9 Å². The number of hydrogen-bond donors (Lipinski definition) is 6. The minimum atomic E-state index is -4.52. The summed E-state index contributed by atoms with van der Waals surface area (Å²) < 4.78 is 72.7. The van der Waals surface area contributed by atoms with E-state index in [0.717, 1.165) is 7.11 Å². The minimum absolute atomic E-state index is 0.0121. The first-order valence-electron chi connectivity index (χ1n) is 14.2. The summed E-state index contributed by atoms with van der Waals surface area (Å²) in [5.41, 5.74) is 11.6. The van der Waals surface area contributed by atoms with Gasteiger partial charge in [0.1, 0.15) is 48.5 Å². The van der Waals surface area contributed by atoms with Crippen LogP contribution in [0.1, 0.15) is 12.5 Å². The van der Waals surface area contributed by atoms with Crippen molar-refractivity contribution in [3.05, 3.63) is 29.3 Å². The first kappa shape index (κ1) is 35.7. The lowest BCUT2D eigenvalue weighted by Crippen LogP contribution is -2.37. The van der Waals surface area contributed by atoms with Crippen molar-refractivity contribution in [2.45, 2.75) is 49.1 Å². The smallest absolute Gasteiger partial charge is 0.387 e. The predicted octanol–water partition coefficient (Wildman–Crippen LogP) is -0.487. The number of aliphatic hydroxyl groups is 1. The predicted molar refractivity (Wildman–Crippen MR) is 168 cm³/mol. The van der Waals surface area contributed by atoms with Crippen LogP contribution in [-0.4, -0.2) is 120 Å². The van der Waals surface area contributed by atoms with Crippen LogP contribution in [0.3, 0.4) is 0 Å². The number of aliphatic hydroxyl groups excluding tert-OH is 1. The minimum Gasteiger partial charge on any atom is -0.387 e. The molecule has 26 heteroatoms. The Labute approximate surface area is 280 Å². The van der Waals surface area contributed by atoms with E-state index in [0.29, 0.717) is 11.2 Å². The Morgan fingerprint density at radius 2 is 1.55 bits per heavy atom. The van der Waals surface area contributed by atoms with Crippen LogP contribution in [0.4, 0.5) is 11.8 Å². The molecule has 6 heterocycles. The highest BCUT2D eigenvalue weighted by Gasteiger charge is 2.52. The molecule has 10 atom stereocenters. The number of phosphoric ester groups is 1. The van der Waals surface area contributed by atoms with E-state index in [2.05, 4.69) is 46.7 Å². The van der Waals surface area contributed by atoms with Gasteiger partial charge in [-0.3, -0.25) is 37.0 Å². The third kappa shape index (κ3) is 6.97. The molecule has 4 aromatic rings. The van der Waals surface area contributed by atoms with Gasteiger partial charge in [-0.1, -0.05) is 12.2 Å². The quantitative estimate of drug-likeness (QED) is 0.0742. The standard InChI is InChI=1S/C23H32N10O13P2S/c1-39-15-13(34)9(44-21(15)32-7-28-11-17(24)26-6-27-18(11)32)4-43-48(38,49)46-14-10(5-42-47(36,37)41-3)45-22(16(14)40-2)33-8-29-12-19(33)30-23(25)31-20(12)35/h6-10,13-16,21-22,34H,4-5H2,1-3H3,(H,36,37)(H,38,49)(H2,24,26,27)(H3,25,30,31,35)/t9-,10-,13?,14?,15?,16?,21-,22-,48?/m1/s1. The van der Waals surface area contributed by atoms with Gasteiger partial charge in [0.2, 0.25) is 5.95 Å². The highest BCUT2D eigenvalue weighted by molar-refractivity contribution is 8.44. The second kappa shape index (κ2) is 13.9. The van der Waals surface area contributed by atoms with Crippen molar-refractivity contribution in [3.8, 4) is 0 Å². The van der Waals surface area contributed by atoms with E-state index in [1.807, 2.05) is 0 Å². The molecule has 0 amide bonds. The Kier molecular flexibility index (Phi) is 10.1. The summed E-state index contributed by atoms with van der Waals surface area (Å²) in [5, 5.41) is 11.0. The number of fused-ring (bicyclic) bond motifs is 2. The van der Waals surface area contributed by atoms with Gasteiger partial charge in [0.15, 0.2) is 35.1 Å². The topological polar surface area (TPSA) is 308 Å². The molecule has 6 unspecified atom stereocenters. The van der Waals surface area contributed by atoms with Gasteiger partial charge >= 0.3 is 14.6 Å². The number of nitrogens with zero attached hydrogens (tertiary/aromatic N) is 7. The van der Waals surface area contributed by atoms with E-state index < -0.39 is 82.5 Å². The molecule has 2 fully saturated rings. The lowest BCUT2D eigenvalue weighted by molar-refractivity contribution is -0.0584. The normalized spacial score (nSPS) is 29.8. The Hall–Kier alpha value is -3.09. The average molecular weight is 751 g/mol. The number of nitrogen functional groups attached to an aromatic ring is 2. The van der Waals surface area contributed by atoms with E-state index in [1.54, 1.807) is 0 Å². The Morgan fingerprint density at radius 3 is 2.24 bits per heavy atom. The number of rotatable bonds is 13. The zero-order chi connectivity index (χ0) is 35.2. The molecule has 0 bridgehead atoms. The number of nitrogens with two attached hydrogens (primary N) is 2. The van der Waals surface area contributed by atoms with Crippen LogP contribution in [0.15, 0.2) is 23.8 Å². The van der Waals surface area contributed by atoms with E-state index >= 15 is 0 Å². The first-order chi connectivity index (χ1) is 23.3. The molecule has 268 valence electrons. The van der Waals surface area contributed by atoms with Gasteiger partial charge in [0.25, 0.3) is 5.56 Å². The summed E-state index contributed by atoms with van der Waals surface area (Å²) in [6.07, 6.45) is -5.39. The molecule has 0 aliphatic carbocycles. The summed E-state index contributed by atoms with van der Waals surface area (Å²) in [5.74, 6) is -0.0684. The van der Waals surface area contributed by atoms with Gasteiger partial charge in [0, 0.05) is 21.3 Å². The molecule has 6 rings (SSSR count). The fourth-order valence-corrected chi connectivity index (χ4v) is 7.46. The SMILES string of the molecule is COC1C(O)[C@@H](COP(=O)(S)OC2C(OC)[C@H](n3cnc4c(=O)[nH]c(N)nc43)O[C@@H]2COP(=O)(O)OC)O[C@H]1n1cnc2c(N)ncnc21. The van der Waals surface area contributed by atoms with Crippen molar-refractivity contribution < 1.29 is 56.2 Å². The van der Waals surface area contributed by atoms with Crippen molar-refractivity contribution in [2.24, 2.45) is 0 Å². The van der Waals surface area contributed by atoms with Crippen LogP contribution < -0.4 is 17.0 Å². The molecule has 4 aromatic heterocycles. The molecule has 0 saturated carbocycles. The zero-order valence-electron chi connectivity index (χ0n) is 25.8. The third-order valence-corrected chi connectivity index (χ3v) is 10.4. The van der Waals surface area contributed by atoms with Crippen LogP contribution in [0.5, 0.6) is 0 Å². The fraction of sp³-hybridized carbons (Fsp3) is 0.565. The number of hydrogen-bond acceptors (Lipinski definition) is 19. The van der Waals surface area contributed by atoms with Crippen molar-refractivity contribution in [2.75, 3.05) is 46.0 Å². The van der Waals surface area contributed by atoms with E-state index in [4.69, 9.17) is 44.0 Å². The number of aromatic nitrogens is 8. The molecule has 2 aliphatic heterocycles. The van der Waals surface area contributed by atoms with Gasteiger partial charge < -0.3 is 40.4 Å². The molecule has 0 aromatic carbocycles. The number of anilines is 2. The lowest BCUT2D eigenvalue weighted by atomic mass is 10.1. The molecule has 7 N–H and O–H groups in total. The molecule has 2 saturated heterocycles. The maximum Gasteiger partial charge on any atom is 0.472 e. The van der Waals surface area contributed by atoms with Gasteiger partial charge in [0.05, 0.1) is 25.9 Å². The van der Waals surface area contributed by atoms with Gasteiger partial charge in [-0.05, 0) is 0 Å². The second-order valence-corrected chi connectivity index (χ2v) is 15.1. The number of H-pyrrole nitrogens is 1. The van der Waals surface area contributed by atoms with Crippen molar-refractivity contribution in [1.82, 2.24) is 39.0 Å². The van der Waals surface area contributed by atoms with Crippen molar-refractivity contribution >= 4 is 61.0 Å². The van der Waals surface area contributed by atoms with Gasteiger partial charge in [-0.25, -0.2) is 29.1 Å². The van der Waals surface area contributed by atoms with E-state index in [1.165, 1.54) is 42.3 Å². The van der Waals surface area contributed by atoms with Crippen LogP contribution in [-0.2, 0) is 46.2 Å². The monoisotopic (exact) mass is 750 g/mol. The number of thiol groups is 1. The van der Waals surface area contributed by atoms with Crippen molar-refractivity contribution in [3.63, 3.8) is 0 Å². The largest absolute Gasteiger partial charge is 0.472 e. The maximum atomic E-state index is 13.7. The summed E-state index contributed by atoms with van der Waals surface area (Å²) in [7, 11) is -0.904. The van der Waals surface area contributed by atoms with Crippen LogP contribution in [0.25, 0.3) is 22.3 Å². The summed E-state index contributed by atoms with van der Waals surface area (Å²) >= 11 is 4.13. The lowest BCUT2D eigenvalue weighted by Gasteiger charge is -2.26. The first-order valence-corrected chi connectivity index (χ1v) is 18.3. The molecule has 49 heavy (non-hydrogen) atoms. The number of nitrogens with one attached hydrogen (secondary N) is 1. The molecular formula is C23H32N10O13P2S. The zero-order valence-corrected chi connectivity index (χ0v) is 28.5. The summed E-state index contributed by atoms with van der Waals surface area (Å²) in [4.78, 5) is 45.1. The molecule has 0 radical (unpaired) electrons. The molecule has 2 aliphatic rings. The Morgan fingerprint density at radius 1 is 0.918 bits per heavy atom. The number of aromatic amines is 1. The van der Waals surface area contributed by atoms with Crippen LogP contribution >= 0.6 is 26.9 Å². The highest BCUT2D eigenvalue weighted by Crippen LogP contribution is 2.57. The van der Waals surface area contributed by atoms with Gasteiger partial charge in [-0.2, -0.15) is 4.98 Å². The number of imidazole rings is 2. The highest BCUT2D eigenvalue weighted by atomic mass is 32.7. The third-order valence-electron chi connectivity index (χ3n) is 7.82. The summed E-state index contributed by atoms with van der Waals surface area (Å²) in [6.45, 7) is -5.53.